The molecule has 0 radical (unpaired) electrons. The van der Waals surface area contributed by atoms with Crippen LogP contribution in [0.4, 0.5) is 0 Å². The molecule has 1 aliphatic heterocycles. The number of carbonyl (C=O) groups is 2. The van der Waals surface area contributed by atoms with Crippen LogP contribution in [0.3, 0.4) is 0 Å². The molecular formula is C14H20N2O2S. The normalized spacial score (nSPS) is 18.0. The molecule has 1 aromatic heterocycles. The molecule has 4 nitrogen and oxygen atoms in total. The largest absolute Gasteiger partial charge is 0.351 e. The van der Waals surface area contributed by atoms with Crippen LogP contribution in [0, 0.1) is 5.41 Å². The summed E-state index contributed by atoms with van der Waals surface area (Å²) < 4.78 is 0. The van der Waals surface area contributed by atoms with Crippen molar-refractivity contribution < 1.29 is 9.59 Å². The molecule has 2 rings (SSSR count). The summed E-state index contributed by atoms with van der Waals surface area (Å²) in [5.41, 5.74) is 0.796. The summed E-state index contributed by atoms with van der Waals surface area (Å²) >= 11 is 1.33. The molecule has 0 atom stereocenters. The first-order valence-electron chi connectivity index (χ1n) is 6.59. The molecule has 0 bridgehead atoms. The monoisotopic (exact) mass is 280 g/mol. The van der Waals surface area contributed by atoms with Gasteiger partial charge in [-0.2, -0.15) is 0 Å². The third-order valence-electron chi connectivity index (χ3n) is 3.72. The first-order valence-corrected chi connectivity index (χ1v) is 7.47. The summed E-state index contributed by atoms with van der Waals surface area (Å²) in [6, 6.07) is 1.67. The number of hydrogen-bond donors (Lipinski definition) is 2. The Morgan fingerprint density at radius 1 is 1.42 bits per heavy atom. The van der Waals surface area contributed by atoms with E-state index in [4.69, 9.17) is 0 Å². The van der Waals surface area contributed by atoms with Gasteiger partial charge in [-0.3, -0.25) is 9.59 Å². The van der Waals surface area contributed by atoms with E-state index in [0.717, 1.165) is 25.9 Å². The van der Waals surface area contributed by atoms with Crippen molar-refractivity contribution in [1.29, 1.82) is 0 Å². The number of thiophene rings is 1. The lowest BCUT2D eigenvalue weighted by Crippen LogP contribution is -2.42. The molecular weight excluding hydrogens is 260 g/mol. The van der Waals surface area contributed by atoms with Crippen molar-refractivity contribution in [3.05, 3.63) is 21.9 Å². The smallest absolute Gasteiger partial charge is 0.261 e. The molecule has 2 heterocycles. The number of hydrogen-bond acceptors (Lipinski definition) is 4. The highest BCUT2D eigenvalue weighted by Crippen LogP contribution is 2.27. The van der Waals surface area contributed by atoms with Gasteiger partial charge in [-0.15, -0.1) is 11.3 Å². The van der Waals surface area contributed by atoms with Crippen LogP contribution in [-0.4, -0.2) is 31.3 Å². The number of ketones is 1. The summed E-state index contributed by atoms with van der Waals surface area (Å²) in [5, 5.41) is 8.06. The molecule has 0 spiro atoms. The van der Waals surface area contributed by atoms with Crippen LogP contribution in [0.5, 0.6) is 0 Å². The van der Waals surface area contributed by atoms with Gasteiger partial charge in [0.25, 0.3) is 5.91 Å². The van der Waals surface area contributed by atoms with Gasteiger partial charge in [-0.25, -0.2) is 0 Å². The number of nitrogens with one attached hydrogen (secondary N) is 2. The predicted octanol–water partition coefficient (Wildman–Crippen LogP) is 2.07. The second-order valence-corrected chi connectivity index (χ2v) is 6.41. The lowest BCUT2D eigenvalue weighted by Gasteiger charge is -2.34. The van der Waals surface area contributed by atoms with Crippen LogP contribution in [0.25, 0.3) is 0 Å². The molecule has 0 unspecified atom stereocenters. The lowest BCUT2D eigenvalue weighted by atomic mass is 9.81. The highest BCUT2D eigenvalue weighted by Gasteiger charge is 2.27. The second-order valence-electron chi connectivity index (χ2n) is 5.50. The number of rotatable bonds is 4. The summed E-state index contributed by atoms with van der Waals surface area (Å²) in [7, 11) is 0. The Morgan fingerprint density at radius 2 is 2.11 bits per heavy atom. The first kappa shape index (κ1) is 14.2. The zero-order chi connectivity index (χ0) is 13.9. The fourth-order valence-corrected chi connectivity index (χ4v) is 3.09. The van der Waals surface area contributed by atoms with Crippen LogP contribution in [0.1, 0.15) is 46.7 Å². The SMILES string of the molecule is CC(=O)c1csc(C(=O)NCC2(C)CCNCC2)c1. The van der Waals surface area contributed by atoms with Crippen molar-refractivity contribution in [2.24, 2.45) is 5.41 Å². The summed E-state index contributed by atoms with van der Waals surface area (Å²) in [5.74, 6) is -0.0714. The molecule has 0 aliphatic carbocycles. The molecule has 19 heavy (non-hydrogen) atoms. The van der Waals surface area contributed by atoms with E-state index < -0.39 is 0 Å². The average Bonchev–Trinajstić information content (AvgIpc) is 2.87. The standard InChI is InChI=1S/C14H20N2O2S/c1-10(17)11-7-12(19-8-11)13(18)16-9-14(2)3-5-15-6-4-14/h7-8,15H,3-6,9H2,1-2H3,(H,16,18). The van der Waals surface area contributed by atoms with Gasteiger partial charge in [0.1, 0.15) is 0 Å². The maximum Gasteiger partial charge on any atom is 0.261 e. The van der Waals surface area contributed by atoms with Crippen LogP contribution < -0.4 is 10.6 Å². The Kier molecular flexibility index (Phi) is 4.37. The molecule has 0 aromatic carbocycles. The highest BCUT2D eigenvalue weighted by atomic mass is 32.1. The Hall–Kier alpha value is -1.20. The molecule has 1 amide bonds. The summed E-state index contributed by atoms with van der Waals surface area (Å²) in [4.78, 5) is 23.9. The van der Waals surface area contributed by atoms with E-state index in [0.29, 0.717) is 17.0 Å². The zero-order valence-corrected chi connectivity index (χ0v) is 12.2. The van der Waals surface area contributed by atoms with Gasteiger partial charge in [0.2, 0.25) is 0 Å². The number of amides is 1. The molecule has 1 aromatic rings. The van der Waals surface area contributed by atoms with Crippen molar-refractivity contribution >= 4 is 23.0 Å². The number of Topliss-reactive ketones (excluding diaryl/α,β-unsaturated/α-hetero) is 1. The zero-order valence-electron chi connectivity index (χ0n) is 11.4. The topological polar surface area (TPSA) is 58.2 Å². The van der Waals surface area contributed by atoms with E-state index >= 15 is 0 Å². The van der Waals surface area contributed by atoms with Crippen molar-refractivity contribution in [2.45, 2.75) is 26.7 Å². The van der Waals surface area contributed by atoms with Crippen LogP contribution in [-0.2, 0) is 0 Å². The fraction of sp³-hybridized carbons (Fsp3) is 0.571. The summed E-state index contributed by atoms with van der Waals surface area (Å²) in [6.07, 6.45) is 2.16. The minimum absolute atomic E-state index is 0.000571. The molecule has 104 valence electrons. The molecule has 1 fully saturated rings. The van der Waals surface area contributed by atoms with Gasteiger partial charge in [0.15, 0.2) is 5.78 Å². The average molecular weight is 280 g/mol. The van der Waals surface area contributed by atoms with Crippen molar-refractivity contribution in [2.75, 3.05) is 19.6 Å². The Labute approximate surface area is 117 Å². The fourth-order valence-electron chi connectivity index (χ4n) is 2.23. The van der Waals surface area contributed by atoms with Gasteiger partial charge < -0.3 is 10.6 Å². The second kappa shape index (κ2) is 5.84. The molecule has 2 N–H and O–H groups in total. The molecule has 1 saturated heterocycles. The number of carbonyl (C=O) groups excluding carboxylic acids is 2. The van der Waals surface area contributed by atoms with Crippen LogP contribution in [0.15, 0.2) is 11.4 Å². The van der Waals surface area contributed by atoms with Gasteiger partial charge in [0.05, 0.1) is 4.88 Å². The van der Waals surface area contributed by atoms with Crippen molar-refractivity contribution in [1.82, 2.24) is 10.6 Å². The molecule has 5 heteroatoms. The predicted molar refractivity (Wildman–Crippen MR) is 76.9 cm³/mol. The number of piperidine rings is 1. The summed E-state index contributed by atoms with van der Waals surface area (Å²) in [6.45, 7) is 6.45. The van der Waals surface area contributed by atoms with E-state index in [2.05, 4.69) is 17.6 Å². The van der Waals surface area contributed by atoms with Gasteiger partial charge in [-0.1, -0.05) is 6.92 Å². The third kappa shape index (κ3) is 3.64. The van der Waals surface area contributed by atoms with Crippen LogP contribution >= 0.6 is 11.3 Å². The van der Waals surface area contributed by atoms with E-state index in [1.807, 2.05) is 0 Å². The van der Waals surface area contributed by atoms with E-state index in [9.17, 15) is 9.59 Å². The van der Waals surface area contributed by atoms with Gasteiger partial charge in [-0.05, 0) is 44.3 Å². The Morgan fingerprint density at radius 3 is 2.68 bits per heavy atom. The Balaban J connectivity index is 1.91. The van der Waals surface area contributed by atoms with Crippen molar-refractivity contribution in [3.63, 3.8) is 0 Å². The Bertz CT molecular complexity index is 476. The van der Waals surface area contributed by atoms with Crippen LogP contribution in [0.2, 0.25) is 0 Å². The van der Waals surface area contributed by atoms with Gasteiger partial charge >= 0.3 is 0 Å². The third-order valence-corrected chi connectivity index (χ3v) is 4.65. The molecule has 1 aliphatic rings. The minimum atomic E-state index is -0.0720. The lowest BCUT2D eigenvalue weighted by molar-refractivity contribution is 0.0926. The van der Waals surface area contributed by atoms with Gasteiger partial charge in [0, 0.05) is 17.5 Å². The first-order chi connectivity index (χ1) is 9.00. The quantitative estimate of drug-likeness (QED) is 0.830. The van der Waals surface area contributed by atoms with E-state index in [1.54, 1.807) is 11.4 Å². The minimum Gasteiger partial charge on any atom is -0.351 e. The van der Waals surface area contributed by atoms with E-state index in [-0.39, 0.29) is 17.1 Å². The molecule has 0 saturated carbocycles. The van der Waals surface area contributed by atoms with Crippen molar-refractivity contribution in [3.8, 4) is 0 Å². The maximum atomic E-state index is 12.0. The van der Waals surface area contributed by atoms with E-state index in [1.165, 1.54) is 18.3 Å². The maximum absolute atomic E-state index is 12.0. The highest BCUT2D eigenvalue weighted by molar-refractivity contribution is 7.12.